The van der Waals surface area contributed by atoms with Gasteiger partial charge >= 0.3 is 0 Å². The van der Waals surface area contributed by atoms with Crippen LogP contribution in [0.3, 0.4) is 0 Å². The molecule has 6 aromatic rings. The van der Waals surface area contributed by atoms with Gasteiger partial charge in [0, 0.05) is 72.6 Å². The number of piperazine rings is 1. The zero-order chi connectivity index (χ0) is 54.9. The van der Waals surface area contributed by atoms with Crippen molar-refractivity contribution in [1.82, 2.24) is 30.4 Å². The number of likely N-dealkylation sites (N-methyl/N-ethyl adjacent to an activating group) is 2. The summed E-state index contributed by atoms with van der Waals surface area (Å²) in [5.74, 6) is 2.87. The first kappa shape index (κ1) is 56.9. The van der Waals surface area contributed by atoms with Crippen molar-refractivity contribution in [1.29, 1.82) is 5.26 Å². The third-order valence-corrected chi connectivity index (χ3v) is 16.2. The van der Waals surface area contributed by atoms with Crippen molar-refractivity contribution in [3.05, 3.63) is 107 Å². The second kappa shape index (κ2) is 28.3. The van der Waals surface area contributed by atoms with Crippen LogP contribution in [-0.4, -0.2) is 150 Å². The Morgan fingerprint density at radius 1 is 0.759 bits per heavy atom. The molecule has 1 aliphatic carbocycles. The summed E-state index contributed by atoms with van der Waals surface area (Å²) in [4.78, 5) is 43.9. The van der Waals surface area contributed by atoms with Crippen molar-refractivity contribution in [2.45, 2.75) is 70.0 Å². The number of nitrogens with zero attached hydrogens (tertiary/aromatic N) is 6. The summed E-state index contributed by atoms with van der Waals surface area (Å²) in [5.41, 5.74) is 5.98. The number of ether oxygens (including phenoxy) is 6. The molecule has 2 aromatic heterocycles. The lowest BCUT2D eigenvalue weighted by Crippen LogP contribution is -2.55. The number of nitrogens with one attached hydrogen (secondary N) is 3. The molecule has 0 bridgehead atoms. The number of benzene rings is 4. The van der Waals surface area contributed by atoms with Crippen LogP contribution in [-0.2, 0) is 23.8 Å². The average molecular weight is 1090 g/mol. The molecule has 3 N–H and O–H groups in total. The van der Waals surface area contributed by atoms with Crippen molar-refractivity contribution in [3.63, 3.8) is 0 Å². The summed E-state index contributed by atoms with van der Waals surface area (Å²) in [6, 6.07) is 28.8. The minimum atomic E-state index is -0.531. The van der Waals surface area contributed by atoms with Gasteiger partial charge in [0.2, 0.25) is 11.8 Å². The first-order valence-electron chi connectivity index (χ1n) is 27.8. The SMILES string of the molecule is CNC(C)C(=O)N[C@H](C(=O)N1CCC[C@H]1c1nc(-c2ccc(OCCOCCOCCOCCOc3cc(Nc4cc(-c5cc(C#N)ccc5OC)ccn4)ccc3N3CCN(C)CC3)c3ccccc23)cs1)C1CCCCC1. The predicted molar refractivity (Wildman–Crippen MR) is 310 cm³/mol. The fourth-order valence-corrected chi connectivity index (χ4v) is 11.7. The van der Waals surface area contributed by atoms with Crippen LogP contribution in [0.2, 0.25) is 0 Å². The molecule has 2 amide bonds. The Morgan fingerprint density at radius 3 is 2.19 bits per heavy atom. The van der Waals surface area contributed by atoms with Gasteiger partial charge in [-0.3, -0.25) is 9.59 Å². The number of pyridine rings is 1. The quantitative estimate of drug-likeness (QED) is 0.0437. The molecule has 1 unspecified atom stereocenters. The van der Waals surface area contributed by atoms with Gasteiger partial charge in [-0.25, -0.2) is 9.97 Å². The molecule has 3 atom stereocenters. The van der Waals surface area contributed by atoms with Crippen LogP contribution in [0.15, 0.2) is 96.5 Å². The molecule has 9 rings (SSSR count). The maximum atomic E-state index is 14.4. The molecule has 2 saturated heterocycles. The fourth-order valence-electron chi connectivity index (χ4n) is 10.7. The number of rotatable bonds is 26. The number of carbonyl (C=O) groups is 2. The number of anilines is 3. The normalized spacial score (nSPS) is 16.8. The van der Waals surface area contributed by atoms with E-state index >= 15 is 0 Å². The monoisotopic (exact) mass is 1090 g/mol. The Labute approximate surface area is 468 Å². The van der Waals surface area contributed by atoms with E-state index in [4.69, 9.17) is 33.4 Å². The lowest BCUT2D eigenvalue weighted by molar-refractivity contribution is -0.139. The molecule has 3 fully saturated rings. The minimum Gasteiger partial charge on any atom is -0.496 e. The topological polar surface area (TPSA) is 185 Å². The number of carbonyl (C=O) groups excluding carboxylic acids is 2. The standard InChI is InChI=1S/C61H75N9O8S/c1-42(63-2)59(71)67-58(44-11-6-5-7-12-44)61(72)70-24-10-15-53(70)60-66-51(41-79-60)48-18-21-55(49-14-9-8-13-47(48)49)77-35-33-75-31-29-74-30-32-76-34-36-78-56-39-46(17-19-52(56)69-27-25-68(3)26-28-69)65-57-38-45(22-23-64-57)50-37-43(40-62)16-20-54(50)73-4/h8-9,13-14,16-23,37-39,41-42,44,53,58,63H,5-7,10-12,15,24-36H2,1-4H3,(H,64,65)(H,67,71)/t42?,53-,58-/m0/s1. The number of thiazole rings is 1. The number of amides is 2. The van der Waals surface area contributed by atoms with Crippen molar-refractivity contribution in [2.75, 3.05) is 117 Å². The molecule has 17 nitrogen and oxygen atoms in total. The molecule has 0 spiro atoms. The number of hydrogen-bond donors (Lipinski definition) is 3. The fraction of sp³-hybridized carbons (Fsp3) is 0.459. The van der Waals surface area contributed by atoms with E-state index in [1.54, 1.807) is 43.8 Å². The van der Waals surface area contributed by atoms with Gasteiger partial charge in [0.25, 0.3) is 0 Å². The van der Waals surface area contributed by atoms with Gasteiger partial charge in [-0.05, 0) is 118 Å². The number of fused-ring (bicyclic) bond motifs is 1. The van der Waals surface area contributed by atoms with Crippen LogP contribution in [0.5, 0.6) is 17.2 Å². The molecule has 3 aliphatic rings. The van der Waals surface area contributed by atoms with E-state index in [2.05, 4.69) is 73.5 Å². The molecular weight excluding hydrogens is 1020 g/mol. The Hall–Kier alpha value is -6.85. The smallest absolute Gasteiger partial charge is 0.246 e. The third-order valence-electron chi connectivity index (χ3n) is 15.2. The highest BCUT2D eigenvalue weighted by atomic mass is 32.1. The number of aromatic nitrogens is 2. The summed E-state index contributed by atoms with van der Waals surface area (Å²) in [6.07, 6.45) is 8.72. The summed E-state index contributed by atoms with van der Waals surface area (Å²) < 4.78 is 35.8. The van der Waals surface area contributed by atoms with Gasteiger partial charge in [-0.15, -0.1) is 11.3 Å². The number of methoxy groups -OCH3 is 1. The van der Waals surface area contributed by atoms with Crippen molar-refractivity contribution >= 4 is 51.1 Å². The molecule has 4 aromatic carbocycles. The molecule has 4 heterocycles. The third kappa shape index (κ3) is 14.7. The van der Waals surface area contributed by atoms with Gasteiger partial charge in [0.15, 0.2) is 0 Å². The van der Waals surface area contributed by atoms with Gasteiger partial charge in [0.05, 0.1) is 81.8 Å². The molecular formula is C61H75N9O8S. The van der Waals surface area contributed by atoms with Gasteiger partial charge < -0.3 is 59.1 Å². The van der Waals surface area contributed by atoms with E-state index in [1.807, 2.05) is 60.4 Å². The first-order valence-corrected chi connectivity index (χ1v) is 28.7. The summed E-state index contributed by atoms with van der Waals surface area (Å²) in [6.45, 7) is 9.46. The maximum Gasteiger partial charge on any atom is 0.246 e. The van der Waals surface area contributed by atoms with Crippen LogP contribution >= 0.6 is 11.3 Å². The van der Waals surface area contributed by atoms with Crippen LogP contribution in [0.4, 0.5) is 17.2 Å². The molecule has 18 heteroatoms. The highest BCUT2D eigenvalue weighted by Crippen LogP contribution is 2.41. The van der Waals surface area contributed by atoms with Crippen molar-refractivity contribution in [3.8, 4) is 45.7 Å². The highest BCUT2D eigenvalue weighted by molar-refractivity contribution is 7.10. The lowest BCUT2D eigenvalue weighted by Gasteiger charge is -2.35. The lowest BCUT2D eigenvalue weighted by atomic mass is 9.83. The van der Waals surface area contributed by atoms with Crippen LogP contribution in [0.1, 0.15) is 68.5 Å². The first-order chi connectivity index (χ1) is 38.7. The Morgan fingerprint density at radius 2 is 1.47 bits per heavy atom. The minimum absolute atomic E-state index is 0.0151. The van der Waals surface area contributed by atoms with E-state index in [0.29, 0.717) is 76.5 Å². The molecule has 0 radical (unpaired) electrons. The van der Waals surface area contributed by atoms with Crippen LogP contribution in [0.25, 0.3) is 33.2 Å². The second-order valence-corrected chi connectivity index (χ2v) is 21.3. The van der Waals surface area contributed by atoms with E-state index < -0.39 is 6.04 Å². The van der Waals surface area contributed by atoms with Crippen LogP contribution in [0, 0.1) is 17.2 Å². The number of nitriles is 1. The zero-order valence-electron chi connectivity index (χ0n) is 46.0. The van der Waals surface area contributed by atoms with Gasteiger partial charge in [-0.2, -0.15) is 5.26 Å². The Kier molecular flexibility index (Phi) is 20.4. The van der Waals surface area contributed by atoms with Gasteiger partial charge in [0.1, 0.15) is 47.3 Å². The largest absolute Gasteiger partial charge is 0.496 e. The molecule has 2 aliphatic heterocycles. The summed E-state index contributed by atoms with van der Waals surface area (Å²) in [5, 5.41) is 24.2. The maximum absolute atomic E-state index is 14.4. The van der Waals surface area contributed by atoms with Crippen molar-refractivity contribution < 1.29 is 38.0 Å². The van der Waals surface area contributed by atoms with E-state index in [0.717, 1.165) is 126 Å². The van der Waals surface area contributed by atoms with Gasteiger partial charge in [-0.1, -0.05) is 43.5 Å². The number of likely N-dealkylation sites (tertiary alicyclic amines) is 1. The highest BCUT2D eigenvalue weighted by Gasteiger charge is 2.40. The molecule has 1 saturated carbocycles. The molecule has 79 heavy (non-hydrogen) atoms. The van der Waals surface area contributed by atoms with Crippen LogP contribution < -0.4 is 35.1 Å². The Bertz CT molecular complexity index is 3010. The number of hydrogen-bond acceptors (Lipinski definition) is 16. The van der Waals surface area contributed by atoms with E-state index in [1.165, 1.54) is 6.42 Å². The average Bonchev–Trinajstić information content (AvgIpc) is 4.25. The second-order valence-electron chi connectivity index (χ2n) is 20.4. The van der Waals surface area contributed by atoms with E-state index in [-0.39, 0.29) is 29.8 Å². The summed E-state index contributed by atoms with van der Waals surface area (Å²) >= 11 is 1.60. The Balaban J connectivity index is 0.707. The zero-order valence-corrected chi connectivity index (χ0v) is 46.9. The van der Waals surface area contributed by atoms with E-state index in [9.17, 15) is 14.9 Å². The summed E-state index contributed by atoms with van der Waals surface area (Å²) in [7, 11) is 5.53. The van der Waals surface area contributed by atoms with Crippen molar-refractivity contribution in [2.24, 2.45) is 5.92 Å². The molecule has 418 valence electrons. The predicted octanol–water partition coefficient (Wildman–Crippen LogP) is 9.25.